The van der Waals surface area contributed by atoms with Gasteiger partial charge in [0, 0.05) is 24.3 Å². The summed E-state index contributed by atoms with van der Waals surface area (Å²) in [5, 5.41) is 2.61. The van der Waals surface area contributed by atoms with Crippen molar-refractivity contribution in [1.82, 2.24) is 5.32 Å². The van der Waals surface area contributed by atoms with Crippen LogP contribution in [0.2, 0.25) is 0 Å². The summed E-state index contributed by atoms with van der Waals surface area (Å²) in [6.45, 7) is 0.289. The molecular formula is C13H15ClFNO4S. The summed E-state index contributed by atoms with van der Waals surface area (Å²) in [6, 6.07) is 2.92. The standard InChI is InChI=1S/C13H15ClFNO4S/c1-20-13(5-2-6-13)8-16-12(17)10-4-3-9(7-11(10)15)21(14,18)19/h3-4,7H,2,5-6,8H2,1H3,(H,16,17). The van der Waals surface area contributed by atoms with Crippen molar-refractivity contribution in [3.63, 3.8) is 0 Å². The van der Waals surface area contributed by atoms with Crippen molar-refractivity contribution in [2.75, 3.05) is 13.7 Å². The Morgan fingerprint density at radius 1 is 1.48 bits per heavy atom. The van der Waals surface area contributed by atoms with E-state index in [4.69, 9.17) is 15.4 Å². The molecule has 0 spiro atoms. The molecule has 0 unspecified atom stereocenters. The van der Waals surface area contributed by atoms with Crippen molar-refractivity contribution < 1.29 is 22.3 Å². The zero-order chi connectivity index (χ0) is 15.7. The highest BCUT2D eigenvalue weighted by Gasteiger charge is 2.37. The van der Waals surface area contributed by atoms with Crippen LogP contribution >= 0.6 is 10.7 Å². The molecule has 1 amide bonds. The van der Waals surface area contributed by atoms with Crippen LogP contribution in [0.1, 0.15) is 29.6 Å². The van der Waals surface area contributed by atoms with Gasteiger partial charge in [-0.2, -0.15) is 0 Å². The number of benzene rings is 1. The van der Waals surface area contributed by atoms with Crippen LogP contribution in [0.4, 0.5) is 4.39 Å². The van der Waals surface area contributed by atoms with Crippen molar-refractivity contribution in [2.45, 2.75) is 29.8 Å². The van der Waals surface area contributed by atoms with Crippen LogP contribution in [0.25, 0.3) is 0 Å². The molecule has 1 aliphatic rings. The van der Waals surface area contributed by atoms with Gasteiger partial charge < -0.3 is 10.1 Å². The van der Waals surface area contributed by atoms with Gasteiger partial charge >= 0.3 is 0 Å². The van der Waals surface area contributed by atoms with Crippen LogP contribution in [0.5, 0.6) is 0 Å². The van der Waals surface area contributed by atoms with Crippen LogP contribution in [0.15, 0.2) is 23.1 Å². The maximum absolute atomic E-state index is 13.8. The van der Waals surface area contributed by atoms with E-state index in [-0.39, 0.29) is 22.6 Å². The quantitative estimate of drug-likeness (QED) is 0.836. The van der Waals surface area contributed by atoms with Crippen LogP contribution in [0.3, 0.4) is 0 Å². The zero-order valence-corrected chi connectivity index (χ0v) is 12.9. The van der Waals surface area contributed by atoms with Gasteiger partial charge in [-0.1, -0.05) is 0 Å². The molecule has 0 aromatic heterocycles. The SMILES string of the molecule is COC1(CNC(=O)c2ccc(S(=O)(=O)Cl)cc2F)CCC1. The second-order valence-corrected chi connectivity index (χ2v) is 7.57. The number of carbonyl (C=O) groups excluding carboxylic acids is 1. The molecule has 116 valence electrons. The maximum Gasteiger partial charge on any atom is 0.261 e. The van der Waals surface area contributed by atoms with Crippen molar-refractivity contribution in [2.24, 2.45) is 0 Å². The Kier molecular flexibility index (Phi) is 4.55. The summed E-state index contributed by atoms with van der Waals surface area (Å²) >= 11 is 0. The van der Waals surface area contributed by atoms with Crippen molar-refractivity contribution in [3.05, 3.63) is 29.6 Å². The maximum atomic E-state index is 13.8. The minimum Gasteiger partial charge on any atom is -0.376 e. The fourth-order valence-corrected chi connectivity index (χ4v) is 2.96. The smallest absolute Gasteiger partial charge is 0.261 e. The van der Waals surface area contributed by atoms with Crippen LogP contribution in [-0.4, -0.2) is 33.6 Å². The van der Waals surface area contributed by atoms with Gasteiger partial charge in [-0.3, -0.25) is 4.79 Å². The van der Waals surface area contributed by atoms with E-state index in [0.29, 0.717) is 0 Å². The lowest BCUT2D eigenvalue weighted by Crippen LogP contribution is -2.49. The van der Waals surface area contributed by atoms with Gasteiger partial charge in [0.15, 0.2) is 0 Å². The molecule has 0 bridgehead atoms. The third kappa shape index (κ3) is 3.53. The molecule has 1 aromatic carbocycles. The lowest BCUT2D eigenvalue weighted by molar-refractivity contribution is -0.0679. The molecule has 0 atom stereocenters. The summed E-state index contributed by atoms with van der Waals surface area (Å²) in [7, 11) is 2.67. The Morgan fingerprint density at radius 3 is 2.57 bits per heavy atom. The number of ether oxygens (including phenoxy) is 1. The van der Waals surface area contributed by atoms with Gasteiger partial charge in [0.2, 0.25) is 0 Å². The van der Waals surface area contributed by atoms with E-state index in [0.717, 1.165) is 37.5 Å². The molecule has 1 fully saturated rings. The van der Waals surface area contributed by atoms with E-state index in [1.165, 1.54) is 0 Å². The highest BCUT2D eigenvalue weighted by atomic mass is 35.7. The third-order valence-electron chi connectivity index (χ3n) is 3.74. The second kappa shape index (κ2) is 5.90. The topological polar surface area (TPSA) is 72.5 Å². The van der Waals surface area contributed by atoms with Gasteiger partial charge in [-0.15, -0.1) is 0 Å². The predicted octanol–water partition coefficient (Wildman–Crippen LogP) is 2.05. The molecule has 0 radical (unpaired) electrons. The summed E-state index contributed by atoms with van der Waals surface area (Å²) in [5.41, 5.74) is -0.601. The fourth-order valence-electron chi connectivity index (χ4n) is 2.19. The lowest BCUT2D eigenvalue weighted by Gasteiger charge is -2.40. The number of carbonyl (C=O) groups is 1. The van der Waals surface area contributed by atoms with Crippen molar-refractivity contribution in [3.8, 4) is 0 Å². The van der Waals surface area contributed by atoms with E-state index in [2.05, 4.69) is 5.32 Å². The van der Waals surface area contributed by atoms with E-state index in [1.807, 2.05) is 0 Å². The third-order valence-corrected chi connectivity index (χ3v) is 5.09. The Balaban J connectivity index is 2.09. The van der Waals surface area contributed by atoms with E-state index in [1.54, 1.807) is 7.11 Å². The highest BCUT2D eigenvalue weighted by Crippen LogP contribution is 2.34. The molecule has 0 aliphatic heterocycles. The summed E-state index contributed by atoms with van der Waals surface area (Å²) in [5.74, 6) is -1.55. The van der Waals surface area contributed by atoms with E-state index >= 15 is 0 Å². The molecule has 5 nitrogen and oxygen atoms in total. The lowest BCUT2D eigenvalue weighted by atomic mass is 9.80. The molecular weight excluding hydrogens is 321 g/mol. The van der Waals surface area contributed by atoms with Gasteiger partial charge in [0.05, 0.1) is 16.1 Å². The molecule has 1 saturated carbocycles. The van der Waals surface area contributed by atoms with E-state index < -0.39 is 20.8 Å². The first-order chi connectivity index (χ1) is 9.77. The first kappa shape index (κ1) is 16.2. The van der Waals surface area contributed by atoms with Crippen LogP contribution in [-0.2, 0) is 13.8 Å². The monoisotopic (exact) mass is 335 g/mol. The number of nitrogens with one attached hydrogen (secondary N) is 1. The largest absolute Gasteiger partial charge is 0.376 e. The first-order valence-electron chi connectivity index (χ1n) is 6.35. The second-order valence-electron chi connectivity index (χ2n) is 5.00. The molecule has 1 aliphatic carbocycles. The molecule has 1 N–H and O–H groups in total. The van der Waals surface area contributed by atoms with E-state index in [9.17, 15) is 17.6 Å². The average molecular weight is 336 g/mol. The molecule has 1 aromatic rings. The Morgan fingerprint density at radius 2 is 2.14 bits per heavy atom. The number of methoxy groups -OCH3 is 1. The highest BCUT2D eigenvalue weighted by molar-refractivity contribution is 8.13. The summed E-state index contributed by atoms with van der Waals surface area (Å²) in [4.78, 5) is 11.6. The van der Waals surface area contributed by atoms with Crippen molar-refractivity contribution >= 4 is 25.6 Å². The van der Waals surface area contributed by atoms with Gasteiger partial charge in [0.25, 0.3) is 15.0 Å². The van der Waals surface area contributed by atoms with Crippen molar-refractivity contribution in [1.29, 1.82) is 0 Å². The van der Waals surface area contributed by atoms with Gasteiger partial charge in [-0.05, 0) is 37.5 Å². The minimum atomic E-state index is -4.02. The Labute approximate surface area is 126 Å². The number of halogens is 2. The molecule has 8 heteroatoms. The number of rotatable bonds is 5. The Bertz CT molecular complexity index is 653. The molecule has 0 heterocycles. The average Bonchev–Trinajstić information content (AvgIpc) is 2.36. The van der Waals surface area contributed by atoms with Crippen LogP contribution in [0, 0.1) is 5.82 Å². The minimum absolute atomic E-state index is 0.232. The first-order valence-corrected chi connectivity index (χ1v) is 8.66. The zero-order valence-electron chi connectivity index (χ0n) is 11.4. The van der Waals surface area contributed by atoms with Gasteiger partial charge in [0.1, 0.15) is 5.82 Å². The number of hydrogen-bond acceptors (Lipinski definition) is 4. The summed E-state index contributed by atoms with van der Waals surface area (Å²) in [6.07, 6.45) is 2.71. The predicted molar refractivity (Wildman–Crippen MR) is 75.4 cm³/mol. The van der Waals surface area contributed by atoms with Gasteiger partial charge in [-0.25, -0.2) is 12.8 Å². The summed E-state index contributed by atoms with van der Waals surface area (Å²) < 4.78 is 41.3. The normalized spacial score (nSPS) is 17.1. The molecule has 2 rings (SSSR count). The molecule has 21 heavy (non-hydrogen) atoms. The number of amides is 1. The fraction of sp³-hybridized carbons (Fsp3) is 0.462. The Hall–Kier alpha value is -1.18. The molecule has 0 saturated heterocycles. The van der Waals surface area contributed by atoms with Crippen LogP contribution < -0.4 is 5.32 Å². The number of hydrogen-bond donors (Lipinski definition) is 1.